The minimum absolute atomic E-state index is 0.320. The summed E-state index contributed by atoms with van der Waals surface area (Å²) in [6, 6.07) is 0. The molecule has 102 valence electrons. The third kappa shape index (κ3) is 2.62. The predicted octanol–water partition coefficient (Wildman–Crippen LogP) is 2.47. The Morgan fingerprint density at radius 2 is 2.00 bits per heavy atom. The van der Waals surface area contributed by atoms with E-state index in [0.29, 0.717) is 17.6 Å². The van der Waals surface area contributed by atoms with Crippen LogP contribution in [0.1, 0.15) is 57.1 Å². The highest BCUT2D eigenvalue weighted by Crippen LogP contribution is 2.30. The van der Waals surface area contributed by atoms with Crippen LogP contribution in [0.15, 0.2) is 0 Å². The van der Waals surface area contributed by atoms with Gasteiger partial charge in [-0.3, -0.25) is 0 Å². The molecule has 0 saturated carbocycles. The maximum absolute atomic E-state index is 5.57. The molecule has 0 bridgehead atoms. The molecule has 5 heteroatoms. The molecule has 1 rings (SSSR count). The van der Waals surface area contributed by atoms with Gasteiger partial charge in [-0.05, 0) is 26.2 Å². The topological polar surface area (TPSA) is 73.1 Å². The van der Waals surface area contributed by atoms with Crippen LogP contribution in [0, 0.1) is 6.92 Å². The Balaban J connectivity index is 3.39. The van der Waals surface area contributed by atoms with Crippen molar-refractivity contribution < 1.29 is 4.74 Å². The molecule has 1 atom stereocenters. The van der Waals surface area contributed by atoms with Crippen molar-refractivity contribution in [1.82, 2.24) is 9.97 Å². The molecule has 0 saturated heterocycles. The van der Waals surface area contributed by atoms with E-state index in [1.807, 2.05) is 20.8 Å². The van der Waals surface area contributed by atoms with Gasteiger partial charge in [-0.15, -0.1) is 0 Å². The van der Waals surface area contributed by atoms with Crippen LogP contribution >= 0.6 is 0 Å². The smallest absolute Gasteiger partial charge is 0.162 e. The molecule has 0 amide bonds. The van der Waals surface area contributed by atoms with Gasteiger partial charge in [0, 0.05) is 18.4 Å². The van der Waals surface area contributed by atoms with Gasteiger partial charge in [0.2, 0.25) is 0 Å². The molecule has 1 aromatic rings. The zero-order valence-electron chi connectivity index (χ0n) is 12.2. The van der Waals surface area contributed by atoms with E-state index in [9.17, 15) is 0 Å². The fourth-order valence-corrected chi connectivity index (χ4v) is 2.01. The molecule has 0 fully saturated rings. The Morgan fingerprint density at radius 1 is 1.39 bits per heavy atom. The molecule has 1 unspecified atom stereocenters. The maximum atomic E-state index is 5.57. The van der Waals surface area contributed by atoms with E-state index in [1.54, 1.807) is 7.11 Å². The first-order valence-corrected chi connectivity index (χ1v) is 6.30. The van der Waals surface area contributed by atoms with Gasteiger partial charge in [0.25, 0.3) is 0 Å². The highest BCUT2D eigenvalue weighted by atomic mass is 16.5. The average molecular weight is 252 g/mol. The molecule has 0 aliphatic rings. The van der Waals surface area contributed by atoms with Crippen LogP contribution in [0.2, 0.25) is 0 Å². The molecule has 0 aliphatic heterocycles. The van der Waals surface area contributed by atoms with E-state index >= 15 is 0 Å². The fraction of sp³-hybridized carbons (Fsp3) is 0.692. The SMILES string of the molecule is CCC(C)(OC)c1nc(C)c(C(C)C)c(NN)n1. The Bertz CT molecular complexity index is 414. The number of nitrogens with zero attached hydrogens (tertiary/aromatic N) is 2. The van der Waals surface area contributed by atoms with Crippen molar-refractivity contribution >= 4 is 5.82 Å². The number of hydrogen-bond acceptors (Lipinski definition) is 5. The van der Waals surface area contributed by atoms with Crippen molar-refractivity contribution in [2.75, 3.05) is 12.5 Å². The standard InChI is InChI=1S/C13H24N4O/c1-7-13(5,18-6)12-15-9(4)10(8(2)3)11(16-12)17-14/h8H,7,14H2,1-6H3,(H,15,16,17). The average Bonchev–Trinajstić information content (AvgIpc) is 2.36. The normalized spacial score (nSPS) is 14.7. The van der Waals surface area contributed by atoms with Crippen LogP contribution in [0.5, 0.6) is 0 Å². The largest absolute Gasteiger partial charge is 0.371 e. The van der Waals surface area contributed by atoms with Crippen molar-refractivity contribution in [1.29, 1.82) is 0 Å². The first-order chi connectivity index (χ1) is 8.39. The van der Waals surface area contributed by atoms with Crippen LogP contribution in [-0.4, -0.2) is 17.1 Å². The van der Waals surface area contributed by atoms with Gasteiger partial charge in [0.05, 0.1) is 0 Å². The summed E-state index contributed by atoms with van der Waals surface area (Å²) in [5.74, 6) is 7.24. The van der Waals surface area contributed by atoms with E-state index in [0.717, 1.165) is 17.7 Å². The Kier molecular flexibility index (Phi) is 4.65. The summed E-state index contributed by atoms with van der Waals surface area (Å²) < 4.78 is 5.53. The minimum Gasteiger partial charge on any atom is -0.371 e. The number of aromatic nitrogens is 2. The number of methoxy groups -OCH3 is 1. The van der Waals surface area contributed by atoms with Crippen molar-refractivity contribution in [3.05, 3.63) is 17.1 Å². The van der Waals surface area contributed by atoms with Crippen LogP contribution in [-0.2, 0) is 10.3 Å². The number of nitrogens with one attached hydrogen (secondary N) is 1. The van der Waals surface area contributed by atoms with Gasteiger partial charge in [-0.25, -0.2) is 15.8 Å². The lowest BCUT2D eigenvalue weighted by atomic mass is 9.99. The molecular formula is C13H24N4O. The molecule has 0 aromatic carbocycles. The number of anilines is 1. The predicted molar refractivity (Wildman–Crippen MR) is 73.3 cm³/mol. The lowest BCUT2D eigenvalue weighted by molar-refractivity contribution is -0.00903. The van der Waals surface area contributed by atoms with Gasteiger partial charge < -0.3 is 10.2 Å². The van der Waals surface area contributed by atoms with Crippen LogP contribution < -0.4 is 11.3 Å². The first kappa shape index (κ1) is 14.9. The Morgan fingerprint density at radius 3 is 2.39 bits per heavy atom. The summed E-state index contributed by atoms with van der Waals surface area (Å²) in [5.41, 5.74) is 4.19. The second-order valence-corrected chi connectivity index (χ2v) is 4.98. The highest BCUT2D eigenvalue weighted by Gasteiger charge is 2.29. The minimum atomic E-state index is -0.480. The monoisotopic (exact) mass is 252 g/mol. The zero-order chi connectivity index (χ0) is 13.9. The van der Waals surface area contributed by atoms with E-state index in [2.05, 4.69) is 29.2 Å². The van der Waals surface area contributed by atoms with Crippen molar-refractivity contribution in [2.24, 2.45) is 5.84 Å². The van der Waals surface area contributed by atoms with E-state index in [4.69, 9.17) is 10.6 Å². The number of hydrogen-bond donors (Lipinski definition) is 2. The molecule has 3 N–H and O–H groups in total. The van der Waals surface area contributed by atoms with Crippen LogP contribution in [0.4, 0.5) is 5.82 Å². The van der Waals surface area contributed by atoms with Crippen LogP contribution in [0.25, 0.3) is 0 Å². The quantitative estimate of drug-likeness (QED) is 0.622. The highest BCUT2D eigenvalue weighted by molar-refractivity contribution is 5.47. The summed E-state index contributed by atoms with van der Waals surface area (Å²) in [7, 11) is 1.67. The van der Waals surface area contributed by atoms with E-state index in [-0.39, 0.29) is 0 Å². The fourth-order valence-electron chi connectivity index (χ4n) is 2.01. The van der Waals surface area contributed by atoms with Gasteiger partial charge in [0.15, 0.2) is 5.82 Å². The summed E-state index contributed by atoms with van der Waals surface area (Å²) in [6.45, 7) is 10.2. The molecule has 0 radical (unpaired) electrons. The molecule has 5 nitrogen and oxygen atoms in total. The molecule has 18 heavy (non-hydrogen) atoms. The van der Waals surface area contributed by atoms with Crippen LogP contribution in [0.3, 0.4) is 0 Å². The van der Waals surface area contributed by atoms with E-state index < -0.39 is 5.60 Å². The van der Waals surface area contributed by atoms with E-state index in [1.165, 1.54) is 0 Å². The molecule has 1 aromatic heterocycles. The maximum Gasteiger partial charge on any atom is 0.162 e. The third-order valence-corrected chi connectivity index (χ3v) is 3.45. The van der Waals surface area contributed by atoms with Crippen molar-refractivity contribution in [2.45, 2.75) is 52.6 Å². The molecular weight excluding hydrogens is 228 g/mol. The first-order valence-electron chi connectivity index (χ1n) is 6.30. The number of nitrogen functional groups attached to an aromatic ring is 1. The lowest BCUT2D eigenvalue weighted by Gasteiger charge is -2.27. The van der Waals surface area contributed by atoms with Crippen molar-refractivity contribution in [3.8, 4) is 0 Å². The molecule has 1 heterocycles. The number of rotatable bonds is 5. The molecule has 0 aliphatic carbocycles. The summed E-state index contributed by atoms with van der Waals surface area (Å²) >= 11 is 0. The zero-order valence-corrected chi connectivity index (χ0v) is 12.2. The second-order valence-electron chi connectivity index (χ2n) is 4.98. The summed E-state index contributed by atoms with van der Waals surface area (Å²) in [6.07, 6.45) is 0.800. The summed E-state index contributed by atoms with van der Waals surface area (Å²) in [5, 5.41) is 0. The number of hydrazine groups is 1. The van der Waals surface area contributed by atoms with Gasteiger partial charge >= 0.3 is 0 Å². The lowest BCUT2D eigenvalue weighted by Crippen LogP contribution is -2.28. The Hall–Kier alpha value is -1.20. The van der Waals surface area contributed by atoms with Crippen molar-refractivity contribution in [3.63, 3.8) is 0 Å². The number of ether oxygens (including phenoxy) is 1. The Labute approximate surface area is 109 Å². The third-order valence-electron chi connectivity index (χ3n) is 3.45. The number of aryl methyl sites for hydroxylation is 1. The molecule has 0 spiro atoms. The van der Waals surface area contributed by atoms with Gasteiger partial charge in [-0.2, -0.15) is 0 Å². The number of nitrogens with two attached hydrogens (primary N) is 1. The van der Waals surface area contributed by atoms with Gasteiger partial charge in [0.1, 0.15) is 11.4 Å². The second kappa shape index (κ2) is 5.63. The summed E-state index contributed by atoms with van der Waals surface area (Å²) in [4.78, 5) is 9.10. The van der Waals surface area contributed by atoms with Gasteiger partial charge in [-0.1, -0.05) is 20.8 Å².